The first-order valence-electron chi connectivity index (χ1n) is 11.5. The predicted molar refractivity (Wildman–Crippen MR) is 147 cm³/mol. The highest BCUT2D eigenvalue weighted by Crippen LogP contribution is 2.47. The highest BCUT2D eigenvalue weighted by molar-refractivity contribution is 8.03. The molecule has 186 valence electrons. The topological polar surface area (TPSA) is 70.8 Å². The fourth-order valence-corrected chi connectivity index (χ4v) is 6.27. The minimum atomic E-state index is -3.97. The van der Waals surface area contributed by atoms with Gasteiger partial charge in [-0.3, -0.25) is 4.55 Å². The van der Waals surface area contributed by atoms with Gasteiger partial charge in [0.15, 0.2) is 0 Å². The molecule has 0 fully saturated rings. The first-order valence-corrected chi connectivity index (χ1v) is 14.7. The lowest BCUT2D eigenvalue weighted by molar-refractivity contribution is 0.480. The van der Waals surface area contributed by atoms with E-state index in [0.717, 1.165) is 56.6 Å². The summed E-state index contributed by atoms with van der Waals surface area (Å²) in [6.45, 7) is 5.05. The molecule has 5 nitrogen and oxygen atoms in total. The summed E-state index contributed by atoms with van der Waals surface area (Å²) >= 11 is 14.2. The third-order valence-corrected chi connectivity index (χ3v) is 8.29. The Morgan fingerprint density at radius 2 is 1.86 bits per heavy atom. The molecule has 0 saturated carbocycles. The van der Waals surface area contributed by atoms with E-state index in [9.17, 15) is 8.42 Å². The van der Waals surface area contributed by atoms with Crippen molar-refractivity contribution in [1.82, 2.24) is 0 Å². The van der Waals surface area contributed by atoms with E-state index in [1.165, 1.54) is 4.90 Å². The van der Waals surface area contributed by atoms with Crippen LogP contribution in [0.15, 0.2) is 62.4 Å². The third-order valence-electron chi connectivity index (χ3n) is 5.91. The maximum Gasteiger partial charge on any atom is 0.264 e. The first-order chi connectivity index (χ1) is 16.7. The number of anilines is 1. The molecule has 1 aromatic heterocycles. The average molecular weight is 553 g/mol. The Morgan fingerprint density at radius 3 is 2.57 bits per heavy atom. The molecular weight excluding hydrogens is 525 g/mol. The summed E-state index contributed by atoms with van der Waals surface area (Å²) < 4.78 is 37.5. The third kappa shape index (κ3) is 6.27. The molecule has 0 saturated heterocycles. The number of aryl methyl sites for hydroxylation is 1. The lowest BCUT2D eigenvalue weighted by Crippen LogP contribution is -2.16. The van der Waals surface area contributed by atoms with E-state index in [-0.39, 0.29) is 5.75 Å². The number of hydrogen-bond acceptors (Lipinski definition) is 5. The molecule has 9 heteroatoms. The van der Waals surface area contributed by atoms with Gasteiger partial charge in [-0.2, -0.15) is 8.42 Å². The van der Waals surface area contributed by atoms with Gasteiger partial charge < -0.3 is 9.32 Å². The van der Waals surface area contributed by atoms with Crippen molar-refractivity contribution >= 4 is 67.8 Å². The van der Waals surface area contributed by atoms with Gasteiger partial charge in [0.25, 0.3) is 10.1 Å². The molecule has 3 aromatic rings. The van der Waals surface area contributed by atoms with Crippen LogP contribution in [0.4, 0.5) is 5.69 Å². The zero-order chi connectivity index (χ0) is 25.2. The first kappa shape index (κ1) is 26.2. The zero-order valence-electron chi connectivity index (χ0n) is 19.6. The van der Waals surface area contributed by atoms with Crippen molar-refractivity contribution in [3.63, 3.8) is 0 Å². The van der Waals surface area contributed by atoms with Gasteiger partial charge in [-0.05, 0) is 86.7 Å². The highest BCUT2D eigenvalue weighted by atomic mass is 35.5. The summed E-state index contributed by atoms with van der Waals surface area (Å²) in [5.41, 5.74) is 3.95. The largest absolute Gasteiger partial charge is 0.456 e. The van der Waals surface area contributed by atoms with Crippen molar-refractivity contribution in [2.24, 2.45) is 0 Å². The van der Waals surface area contributed by atoms with Crippen LogP contribution in [-0.2, 0) is 16.5 Å². The summed E-state index contributed by atoms with van der Waals surface area (Å²) in [7, 11) is -3.97. The summed E-state index contributed by atoms with van der Waals surface area (Å²) in [5, 5.41) is 3.39. The number of unbranched alkanes of at least 4 members (excludes halogenated alkanes) is 1. The Balaban J connectivity index is 1.68. The minimum Gasteiger partial charge on any atom is -0.456 e. The van der Waals surface area contributed by atoms with Crippen LogP contribution in [-0.4, -0.2) is 25.3 Å². The molecule has 4 rings (SSSR count). The van der Waals surface area contributed by atoms with E-state index in [4.69, 9.17) is 32.2 Å². The van der Waals surface area contributed by atoms with Gasteiger partial charge in [-0.25, -0.2) is 0 Å². The molecule has 1 aliphatic rings. The number of rotatable bonds is 9. The Morgan fingerprint density at radius 1 is 1.11 bits per heavy atom. The number of thioether (sulfide) groups is 1. The number of furan rings is 1. The zero-order valence-corrected chi connectivity index (χ0v) is 22.7. The second-order valence-corrected chi connectivity index (χ2v) is 11.8. The van der Waals surface area contributed by atoms with Crippen LogP contribution in [0.25, 0.3) is 17.0 Å². The Hall–Kier alpha value is -1.90. The lowest BCUT2D eigenvalue weighted by atomic mass is 10.0. The summed E-state index contributed by atoms with van der Waals surface area (Å²) in [4.78, 5) is 3.43. The Kier molecular flexibility index (Phi) is 8.23. The maximum absolute atomic E-state index is 11.1. The van der Waals surface area contributed by atoms with Crippen molar-refractivity contribution in [1.29, 1.82) is 0 Å². The molecule has 0 amide bonds. The van der Waals surface area contributed by atoms with Crippen molar-refractivity contribution in [2.75, 3.05) is 17.2 Å². The standard InChI is InChI=1S/C26H27Cl2NO4S2/c1-3-17(14-26-29(4-2)22-16-19(28)9-11-25(22)34-26)13-24-20(7-5-6-12-35(30,31)32)21-15-18(27)8-10-23(21)33-24/h8-11,13-16H,3-7,12H2,1-2H3,(H,30,31,32)/b17-13+,26-14-. The molecule has 2 aromatic carbocycles. The van der Waals surface area contributed by atoms with Crippen LogP contribution >= 0.6 is 35.0 Å². The van der Waals surface area contributed by atoms with E-state index in [2.05, 4.69) is 37.0 Å². The minimum absolute atomic E-state index is 0.254. The fourth-order valence-electron chi connectivity index (χ4n) is 4.18. The summed E-state index contributed by atoms with van der Waals surface area (Å²) in [6.07, 6.45) is 6.62. The SMILES string of the molecule is CCC(/C=C1\Sc2ccc(Cl)cc2N1CC)=C\c1oc2ccc(Cl)cc2c1CCCCS(=O)(=O)O. The van der Waals surface area contributed by atoms with E-state index < -0.39 is 10.1 Å². The highest BCUT2D eigenvalue weighted by Gasteiger charge is 2.24. The van der Waals surface area contributed by atoms with Crippen molar-refractivity contribution in [2.45, 2.75) is 44.4 Å². The van der Waals surface area contributed by atoms with Gasteiger partial charge in [0, 0.05) is 32.4 Å². The molecule has 1 aliphatic heterocycles. The van der Waals surface area contributed by atoms with Gasteiger partial charge in [0.2, 0.25) is 0 Å². The molecule has 2 heterocycles. The summed E-state index contributed by atoms with van der Waals surface area (Å²) in [5.74, 6) is 0.491. The van der Waals surface area contributed by atoms with Crippen LogP contribution in [0.2, 0.25) is 10.0 Å². The maximum atomic E-state index is 11.1. The number of hydrogen-bond donors (Lipinski definition) is 1. The van der Waals surface area contributed by atoms with Gasteiger partial charge >= 0.3 is 0 Å². The molecule has 0 atom stereocenters. The number of nitrogens with zero attached hydrogens (tertiary/aromatic N) is 1. The van der Waals surface area contributed by atoms with Crippen LogP contribution in [0.5, 0.6) is 0 Å². The van der Waals surface area contributed by atoms with Crippen molar-refractivity contribution in [3.05, 3.63) is 74.4 Å². The van der Waals surface area contributed by atoms with E-state index in [1.54, 1.807) is 17.8 Å². The molecule has 1 N–H and O–H groups in total. The van der Waals surface area contributed by atoms with Crippen LogP contribution < -0.4 is 4.90 Å². The summed E-state index contributed by atoms with van der Waals surface area (Å²) in [6, 6.07) is 11.5. The van der Waals surface area contributed by atoms with Gasteiger partial charge in [0.05, 0.1) is 16.5 Å². The van der Waals surface area contributed by atoms with E-state index in [0.29, 0.717) is 24.3 Å². The molecule has 35 heavy (non-hydrogen) atoms. The second kappa shape index (κ2) is 11.0. The molecule has 0 spiro atoms. The van der Waals surface area contributed by atoms with Crippen LogP contribution in [0.1, 0.15) is 44.4 Å². The molecule has 0 radical (unpaired) electrons. The average Bonchev–Trinajstić information content (AvgIpc) is 3.31. The van der Waals surface area contributed by atoms with Crippen molar-refractivity contribution < 1.29 is 17.4 Å². The molecular formula is C26H27Cl2NO4S2. The number of benzene rings is 2. The number of fused-ring (bicyclic) bond motifs is 2. The molecule has 0 aliphatic carbocycles. The number of halogens is 2. The Labute approximate surface area is 220 Å². The Bertz CT molecular complexity index is 1410. The van der Waals surface area contributed by atoms with Crippen LogP contribution in [0, 0.1) is 0 Å². The fraction of sp³-hybridized carbons (Fsp3) is 0.308. The van der Waals surface area contributed by atoms with Gasteiger partial charge in [-0.1, -0.05) is 41.9 Å². The van der Waals surface area contributed by atoms with Crippen molar-refractivity contribution in [3.8, 4) is 0 Å². The van der Waals surface area contributed by atoms with Gasteiger partial charge in [-0.15, -0.1) is 0 Å². The monoisotopic (exact) mass is 551 g/mol. The molecule has 0 unspecified atom stereocenters. The van der Waals surface area contributed by atoms with Gasteiger partial charge in [0.1, 0.15) is 11.3 Å². The lowest BCUT2D eigenvalue weighted by Gasteiger charge is -2.18. The van der Waals surface area contributed by atoms with Crippen LogP contribution in [0.3, 0.4) is 0 Å². The number of allylic oxidation sites excluding steroid dienone is 2. The normalized spacial score (nSPS) is 15.4. The second-order valence-electron chi connectivity index (χ2n) is 8.34. The quantitative estimate of drug-likeness (QED) is 0.213. The smallest absolute Gasteiger partial charge is 0.264 e. The van der Waals surface area contributed by atoms with E-state index >= 15 is 0 Å². The molecule has 0 bridgehead atoms. The predicted octanol–water partition coefficient (Wildman–Crippen LogP) is 8.22. The van der Waals surface area contributed by atoms with E-state index in [1.807, 2.05) is 24.3 Å².